The van der Waals surface area contributed by atoms with Crippen molar-refractivity contribution in [3.8, 4) is 0 Å². The van der Waals surface area contributed by atoms with Crippen LogP contribution in [0.4, 0.5) is 5.82 Å². The molecular weight excluding hydrogens is 198 g/mol. The van der Waals surface area contributed by atoms with Gasteiger partial charge in [-0.05, 0) is 6.07 Å². The summed E-state index contributed by atoms with van der Waals surface area (Å²) in [5, 5.41) is 9.10. The van der Waals surface area contributed by atoms with E-state index in [1.165, 1.54) is 4.57 Å². The molecule has 1 aromatic rings. The van der Waals surface area contributed by atoms with Gasteiger partial charge < -0.3 is 15.6 Å². The maximum absolute atomic E-state index is 11.5. The summed E-state index contributed by atoms with van der Waals surface area (Å²) in [5.74, 6) is 0.156. The number of hydrogen-bond donors (Lipinski definition) is 2. The Kier molecular flexibility index (Phi) is 2.70. The molecule has 0 aromatic carbocycles. The molecule has 1 aliphatic heterocycles. The Labute approximate surface area is 86.3 Å². The van der Waals surface area contributed by atoms with Crippen LogP contribution in [0.3, 0.4) is 0 Å². The van der Waals surface area contributed by atoms with E-state index in [9.17, 15) is 4.79 Å². The summed E-state index contributed by atoms with van der Waals surface area (Å²) in [7, 11) is 0. The van der Waals surface area contributed by atoms with Crippen molar-refractivity contribution in [1.29, 1.82) is 0 Å². The Balaban J connectivity index is 2.33. The van der Waals surface area contributed by atoms with E-state index in [2.05, 4.69) is 4.98 Å². The number of nitrogens with two attached hydrogens (primary N) is 1. The number of aliphatic hydroxyl groups excluding tert-OH is 1. The van der Waals surface area contributed by atoms with Crippen molar-refractivity contribution < 1.29 is 9.84 Å². The van der Waals surface area contributed by atoms with Gasteiger partial charge in [-0.2, -0.15) is 4.98 Å². The van der Waals surface area contributed by atoms with Crippen molar-refractivity contribution in [1.82, 2.24) is 9.55 Å². The molecule has 0 unspecified atom stereocenters. The quantitative estimate of drug-likeness (QED) is 0.655. The van der Waals surface area contributed by atoms with Gasteiger partial charge in [0, 0.05) is 12.1 Å². The van der Waals surface area contributed by atoms with E-state index < -0.39 is 5.69 Å². The Bertz CT molecular complexity index is 404. The summed E-state index contributed by atoms with van der Waals surface area (Å²) in [6.45, 7) is 0.899. The molecule has 1 saturated heterocycles. The first-order chi connectivity index (χ1) is 7.22. The number of hydrogen-bond acceptors (Lipinski definition) is 5. The lowest BCUT2D eigenvalue weighted by Gasteiger charge is -2.17. The fraction of sp³-hybridized carbons (Fsp3) is 0.556. The fourth-order valence-electron chi connectivity index (χ4n) is 1.75. The van der Waals surface area contributed by atoms with Gasteiger partial charge in [0.2, 0.25) is 0 Å². The number of nitrogen functional groups attached to an aromatic ring is 1. The summed E-state index contributed by atoms with van der Waals surface area (Å²) in [4.78, 5) is 15.2. The molecule has 0 aliphatic carbocycles. The third-order valence-corrected chi connectivity index (χ3v) is 2.61. The van der Waals surface area contributed by atoms with Crippen molar-refractivity contribution in [2.24, 2.45) is 5.92 Å². The number of aliphatic hydroxyl groups is 1. The van der Waals surface area contributed by atoms with E-state index in [4.69, 9.17) is 15.6 Å². The first kappa shape index (κ1) is 10.1. The second kappa shape index (κ2) is 4.00. The van der Waals surface area contributed by atoms with Gasteiger partial charge in [0.25, 0.3) is 0 Å². The molecule has 6 nitrogen and oxygen atoms in total. The first-order valence-corrected chi connectivity index (χ1v) is 4.75. The fourth-order valence-corrected chi connectivity index (χ4v) is 1.75. The Morgan fingerprint density at radius 3 is 3.13 bits per heavy atom. The van der Waals surface area contributed by atoms with Crippen LogP contribution in [0.25, 0.3) is 0 Å². The van der Waals surface area contributed by atoms with Crippen molar-refractivity contribution in [3.05, 3.63) is 22.7 Å². The van der Waals surface area contributed by atoms with Crippen molar-refractivity contribution in [3.63, 3.8) is 0 Å². The molecule has 1 aliphatic rings. The lowest BCUT2D eigenvalue weighted by molar-refractivity contribution is 0.160. The molecule has 1 aromatic heterocycles. The molecule has 1 fully saturated rings. The van der Waals surface area contributed by atoms with Crippen LogP contribution < -0.4 is 11.4 Å². The standard InChI is InChI=1S/C9H13N3O3/c10-8-1-2-12(9(14)11-8)7-5-15-4-6(7)3-13/h1-2,6-7,13H,3-5H2,(H2,10,11,14)/t6-,7-/m1/s1. The predicted octanol–water partition coefficient (Wildman–Crippen LogP) is -0.995. The molecule has 2 rings (SSSR count). The summed E-state index contributed by atoms with van der Waals surface area (Å²) >= 11 is 0. The highest BCUT2D eigenvalue weighted by Crippen LogP contribution is 2.23. The van der Waals surface area contributed by atoms with Gasteiger partial charge in [0.05, 0.1) is 25.9 Å². The largest absolute Gasteiger partial charge is 0.396 e. The zero-order chi connectivity index (χ0) is 10.8. The second-order valence-electron chi connectivity index (χ2n) is 3.59. The molecule has 82 valence electrons. The van der Waals surface area contributed by atoms with E-state index in [1.807, 2.05) is 0 Å². The minimum absolute atomic E-state index is 0.00147. The monoisotopic (exact) mass is 211 g/mol. The zero-order valence-electron chi connectivity index (χ0n) is 8.17. The number of anilines is 1. The molecule has 0 spiro atoms. The molecule has 6 heteroatoms. The number of rotatable bonds is 2. The van der Waals surface area contributed by atoms with Gasteiger partial charge in [0.1, 0.15) is 5.82 Å². The normalized spacial score (nSPS) is 25.7. The smallest absolute Gasteiger partial charge is 0.349 e. The molecule has 0 saturated carbocycles. The van der Waals surface area contributed by atoms with Crippen LogP contribution in [0.15, 0.2) is 17.1 Å². The van der Waals surface area contributed by atoms with Crippen LogP contribution in [-0.4, -0.2) is 34.5 Å². The first-order valence-electron chi connectivity index (χ1n) is 4.75. The number of nitrogens with zero attached hydrogens (tertiary/aromatic N) is 2. The van der Waals surface area contributed by atoms with Gasteiger partial charge >= 0.3 is 5.69 Å². The molecule has 15 heavy (non-hydrogen) atoms. The minimum Gasteiger partial charge on any atom is -0.396 e. The Morgan fingerprint density at radius 1 is 1.67 bits per heavy atom. The summed E-state index contributed by atoms with van der Waals surface area (Å²) < 4.78 is 6.68. The van der Waals surface area contributed by atoms with E-state index in [0.717, 1.165) is 0 Å². The van der Waals surface area contributed by atoms with Crippen LogP contribution in [0.1, 0.15) is 6.04 Å². The summed E-state index contributed by atoms with van der Waals surface area (Å²) in [6, 6.07) is 1.42. The average molecular weight is 211 g/mol. The third-order valence-electron chi connectivity index (χ3n) is 2.61. The number of aromatic nitrogens is 2. The van der Waals surface area contributed by atoms with Crippen LogP contribution in [0.5, 0.6) is 0 Å². The minimum atomic E-state index is -0.399. The lowest BCUT2D eigenvalue weighted by Crippen LogP contribution is -2.31. The second-order valence-corrected chi connectivity index (χ2v) is 3.59. The SMILES string of the molecule is Nc1ccn([C@@H]2COC[C@H]2CO)c(=O)n1. The molecule has 0 amide bonds. The Hall–Kier alpha value is -1.40. The highest BCUT2D eigenvalue weighted by Gasteiger charge is 2.29. The van der Waals surface area contributed by atoms with Gasteiger partial charge in [-0.1, -0.05) is 0 Å². The molecule has 0 bridgehead atoms. The van der Waals surface area contributed by atoms with Crippen LogP contribution in [0.2, 0.25) is 0 Å². The topological polar surface area (TPSA) is 90.4 Å². The van der Waals surface area contributed by atoms with E-state index in [-0.39, 0.29) is 24.4 Å². The van der Waals surface area contributed by atoms with Crippen LogP contribution in [-0.2, 0) is 4.74 Å². The molecule has 0 radical (unpaired) electrons. The molecule has 3 N–H and O–H groups in total. The summed E-state index contributed by atoms with van der Waals surface area (Å²) in [6.07, 6.45) is 1.59. The predicted molar refractivity (Wildman–Crippen MR) is 53.3 cm³/mol. The van der Waals surface area contributed by atoms with Crippen molar-refractivity contribution in [2.75, 3.05) is 25.6 Å². The van der Waals surface area contributed by atoms with Gasteiger partial charge in [-0.25, -0.2) is 4.79 Å². The van der Waals surface area contributed by atoms with Gasteiger partial charge in [-0.3, -0.25) is 4.57 Å². The average Bonchev–Trinajstić information content (AvgIpc) is 2.65. The molecular formula is C9H13N3O3. The maximum atomic E-state index is 11.5. The van der Waals surface area contributed by atoms with Gasteiger partial charge in [-0.15, -0.1) is 0 Å². The maximum Gasteiger partial charge on any atom is 0.349 e. The highest BCUT2D eigenvalue weighted by molar-refractivity contribution is 5.23. The highest BCUT2D eigenvalue weighted by atomic mass is 16.5. The van der Waals surface area contributed by atoms with Crippen LogP contribution >= 0.6 is 0 Å². The van der Waals surface area contributed by atoms with E-state index in [0.29, 0.717) is 13.2 Å². The van der Waals surface area contributed by atoms with Gasteiger partial charge in [0.15, 0.2) is 0 Å². The third kappa shape index (κ3) is 1.86. The lowest BCUT2D eigenvalue weighted by atomic mass is 10.1. The molecule has 2 heterocycles. The Morgan fingerprint density at radius 2 is 2.47 bits per heavy atom. The molecule has 2 atom stereocenters. The van der Waals surface area contributed by atoms with Crippen molar-refractivity contribution >= 4 is 5.82 Å². The zero-order valence-corrected chi connectivity index (χ0v) is 8.17. The van der Waals surface area contributed by atoms with E-state index >= 15 is 0 Å². The van der Waals surface area contributed by atoms with Crippen molar-refractivity contribution in [2.45, 2.75) is 6.04 Å². The van der Waals surface area contributed by atoms with Crippen LogP contribution in [0, 0.1) is 5.92 Å². The number of ether oxygens (including phenoxy) is 1. The summed E-state index contributed by atoms with van der Waals surface area (Å²) in [5.41, 5.74) is 4.99. The van der Waals surface area contributed by atoms with E-state index in [1.54, 1.807) is 12.3 Å².